The highest BCUT2D eigenvalue weighted by Gasteiger charge is 2.28. The number of hydrogen-bond donors (Lipinski definition) is 1. The summed E-state index contributed by atoms with van der Waals surface area (Å²) in [6.07, 6.45) is 0. The molecular formula is C19H20N2O4S2. The number of nitrogens with one attached hydrogen (secondary N) is 1. The van der Waals surface area contributed by atoms with Gasteiger partial charge < -0.3 is 0 Å². The SMILES string of the molecule is Cc1ccccc1NS(=O)(=O)c1cc(C)n(S(=O)(=O)c2ccccc2)c1C. The molecule has 0 radical (unpaired) electrons. The number of aryl methyl sites for hydroxylation is 2. The fourth-order valence-electron chi connectivity index (χ4n) is 2.94. The van der Waals surface area contributed by atoms with Gasteiger partial charge in [-0.3, -0.25) is 4.72 Å². The number of benzene rings is 2. The van der Waals surface area contributed by atoms with E-state index in [0.29, 0.717) is 11.4 Å². The smallest absolute Gasteiger partial charge is 0.268 e. The highest BCUT2D eigenvalue weighted by Crippen LogP contribution is 2.27. The Balaban J connectivity index is 2.10. The van der Waals surface area contributed by atoms with Crippen molar-refractivity contribution < 1.29 is 16.8 Å². The van der Waals surface area contributed by atoms with E-state index in [1.807, 2.05) is 6.07 Å². The molecular weight excluding hydrogens is 384 g/mol. The number of aromatic nitrogens is 1. The van der Waals surface area contributed by atoms with E-state index in [0.717, 1.165) is 9.54 Å². The van der Waals surface area contributed by atoms with E-state index < -0.39 is 20.0 Å². The van der Waals surface area contributed by atoms with Crippen LogP contribution in [0, 0.1) is 20.8 Å². The van der Waals surface area contributed by atoms with E-state index in [2.05, 4.69) is 4.72 Å². The third kappa shape index (κ3) is 3.50. The molecule has 3 rings (SSSR count). The fourth-order valence-corrected chi connectivity index (χ4v) is 6.04. The molecule has 0 bridgehead atoms. The van der Waals surface area contributed by atoms with Crippen LogP contribution in [0.1, 0.15) is 17.0 Å². The van der Waals surface area contributed by atoms with Crippen LogP contribution in [0.25, 0.3) is 0 Å². The Hall–Kier alpha value is -2.58. The minimum Gasteiger partial charge on any atom is -0.279 e. The number of anilines is 1. The topological polar surface area (TPSA) is 85.2 Å². The summed E-state index contributed by atoms with van der Waals surface area (Å²) in [6.45, 7) is 4.85. The van der Waals surface area contributed by atoms with Crippen molar-refractivity contribution in [1.29, 1.82) is 0 Å². The lowest BCUT2D eigenvalue weighted by Gasteiger charge is -2.12. The standard InChI is InChI=1S/C19H20N2O4S2/c1-14-9-7-8-12-18(14)20-26(22,23)19-13-15(2)21(16(19)3)27(24,25)17-10-5-4-6-11-17/h4-13,20H,1-3H3. The summed E-state index contributed by atoms with van der Waals surface area (Å²) in [5.41, 5.74) is 1.68. The zero-order valence-electron chi connectivity index (χ0n) is 15.2. The normalized spacial score (nSPS) is 12.1. The first kappa shape index (κ1) is 19.2. The molecule has 1 heterocycles. The molecule has 0 aliphatic rings. The van der Waals surface area contributed by atoms with Crippen LogP contribution in [0.4, 0.5) is 5.69 Å². The lowest BCUT2D eigenvalue weighted by molar-refractivity contribution is 0.584. The number of rotatable bonds is 5. The lowest BCUT2D eigenvalue weighted by atomic mass is 10.2. The van der Waals surface area contributed by atoms with Gasteiger partial charge in [-0.25, -0.2) is 20.8 Å². The Labute approximate surface area is 159 Å². The molecule has 0 unspecified atom stereocenters. The van der Waals surface area contributed by atoms with Crippen LogP contribution in [-0.4, -0.2) is 20.8 Å². The second-order valence-electron chi connectivity index (χ2n) is 6.24. The summed E-state index contributed by atoms with van der Waals surface area (Å²) < 4.78 is 55.3. The molecule has 142 valence electrons. The molecule has 0 spiro atoms. The van der Waals surface area contributed by atoms with Crippen molar-refractivity contribution in [3.05, 3.63) is 77.6 Å². The van der Waals surface area contributed by atoms with Crippen molar-refractivity contribution in [2.24, 2.45) is 0 Å². The van der Waals surface area contributed by atoms with Gasteiger partial charge in [0.15, 0.2) is 0 Å². The molecule has 3 aromatic rings. The number of hydrogen-bond acceptors (Lipinski definition) is 4. The number of sulfonamides is 1. The van der Waals surface area contributed by atoms with Crippen molar-refractivity contribution >= 4 is 25.7 Å². The molecule has 0 saturated carbocycles. The fraction of sp³-hybridized carbons (Fsp3) is 0.158. The highest BCUT2D eigenvalue weighted by atomic mass is 32.2. The number of para-hydroxylation sites is 1. The molecule has 0 fully saturated rings. The second-order valence-corrected chi connectivity index (χ2v) is 9.68. The van der Waals surface area contributed by atoms with E-state index in [1.165, 1.54) is 25.1 Å². The van der Waals surface area contributed by atoms with Crippen molar-refractivity contribution in [2.45, 2.75) is 30.6 Å². The van der Waals surface area contributed by atoms with Crippen molar-refractivity contribution in [3.63, 3.8) is 0 Å². The first-order valence-corrected chi connectivity index (χ1v) is 11.1. The monoisotopic (exact) mass is 404 g/mol. The predicted octanol–water partition coefficient (Wildman–Crippen LogP) is 3.45. The summed E-state index contributed by atoms with van der Waals surface area (Å²) in [4.78, 5) is 0.0328. The van der Waals surface area contributed by atoms with Crippen molar-refractivity contribution in [2.75, 3.05) is 4.72 Å². The highest BCUT2D eigenvalue weighted by molar-refractivity contribution is 7.93. The Bertz CT molecular complexity index is 1200. The largest absolute Gasteiger partial charge is 0.279 e. The first-order valence-electron chi connectivity index (χ1n) is 8.22. The van der Waals surface area contributed by atoms with Crippen LogP contribution < -0.4 is 4.72 Å². The molecule has 27 heavy (non-hydrogen) atoms. The first-order chi connectivity index (χ1) is 12.6. The maximum atomic E-state index is 13.0. The summed E-state index contributed by atoms with van der Waals surface area (Å²) in [7, 11) is -7.84. The van der Waals surface area contributed by atoms with Gasteiger partial charge in [0, 0.05) is 5.69 Å². The zero-order chi connectivity index (χ0) is 19.8. The quantitative estimate of drug-likeness (QED) is 0.706. The van der Waals surface area contributed by atoms with Gasteiger partial charge in [0.05, 0.1) is 16.3 Å². The summed E-state index contributed by atoms with van der Waals surface area (Å²) in [5.74, 6) is 0. The van der Waals surface area contributed by atoms with Crippen molar-refractivity contribution in [3.8, 4) is 0 Å². The molecule has 6 nitrogen and oxygen atoms in total. The Morgan fingerprint density at radius 2 is 1.41 bits per heavy atom. The minimum atomic E-state index is -3.95. The average Bonchev–Trinajstić information content (AvgIpc) is 2.93. The van der Waals surface area contributed by atoms with Gasteiger partial charge in [0.2, 0.25) is 0 Å². The van der Waals surface area contributed by atoms with Gasteiger partial charge in [0.1, 0.15) is 4.90 Å². The Morgan fingerprint density at radius 1 is 0.815 bits per heavy atom. The van der Waals surface area contributed by atoms with Gasteiger partial charge in [-0.15, -0.1) is 0 Å². The van der Waals surface area contributed by atoms with Crippen molar-refractivity contribution in [1.82, 2.24) is 3.97 Å². The number of nitrogens with zero attached hydrogens (tertiary/aromatic N) is 1. The van der Waals surface area contributed by atoms with Crippen LogP contribution in [0.5, 0.6) is 0 Å². The van der Waals surface area contributed by atoms with E-state index in [4.69, 9.17) is 0 Å². The molecule has 0 atom stereocenters. The molecule has 0 aliphatic carbocycles. The third-order valence-electron chi connectivity index (χ3n) is 4.28. The summed E-state index contributed by atoms with van der Waals surface area (Å²) in [5, 5.41) is 0. The van der Waals surface area contributed by atoms with Gasteiger partial charge in [-0.2, -0.15) is 0 Å². The van der Waals surface area contributed by atoms with Crippen LogP contribution >= 0.6 is 0 Å². The van der Waals surface area contributed by atoms with E-state index in [1.54, 1.807) is 50.2 Å². The molecule has 2 aromatic carbocycles. The molecule has 8 heteroatoms. The third-order valence-corrected chi connectivity index (χ3v) is 7.67. The average molecular weight is 405 g/mol. The summed E-state index contributed by atoms with van der Waals surface area (Å²) >= 11 is 0. The van der Waals surface area contributed by atoms with E-state index in [9.17, 15) is 16.8 Å². The Kier molecular flexibility index (Phi) is 4.88. The van der Waals surface area contributed by atoms with Crippen LogP contribution in [0.3, 0.4) is 0 Å². The minimum absolute atomic E-state index is 0.0669. The van der Waals surface area contributed by atoms with E-state index in [-0.39, 0.29) is 15.5 Å². The van der Waals surface area contributed by atoms with Gasteiger partial charge >= 0.3 is 0 Å². The molecule has 1 aromatic heterocycles. The maximum Gasteiger partial charge on any atom is 0.268 e. The zero-order valence-corrected chi connectivity index (χ0v) is 16.8. The lowest BCUT2D eigenvalue weighted by Crippen LogP contribution is -2.18. The molecule has 0 aliphatic heterocycles. The molecule has 0 amide bonds. The van der Waals surface area contributed by atoms with E-state index >= 15 is 0 Å². The summed E-state index contributed by atoms with van der Waals surface area (Å²) in [6, 6.07) is 16.3. The predicted molar refractivity (Wildman–Crippen MR) is 105 cm³/mol. The van der Waals surface area contributed by atoms with Gasteiger partial charge in [-0.05, 0) is 50.6 Å². The van der Waals surface area contributed by atoms with Gasteiger partial charge in [-0.1, -0.05) is 36.4 Å². The maximum absolute atomic E-state index is 13.0. The van der Waals surface area contributed by atoms with Crippen LogP contribution in [0.15, 0.2) is 70.5 Å². The Morgan fingerprint density at radius 3 is 2.04 bits per heavy atom. The van der Waals surface area contributed by atoms with Crippen LogP contribution in [0.2, 0.25) is 0 Å². The molecule has 0 saturated heterocycles. The van der Waals surface area contributed by atoms with Gasteiger partial charge in [0.25, 0.3) is 20.0 Å². The molecule has 1 N–H and O–H groups in total. The van der Waals surface area contributed by atoms with Crippen LogP contribution in [-0.2, 0) is 20.0 Å². The second kappa shape index (κ2) is 6.86.